The average Bonchev–Trinajstić information content (AvgIpc) is 3.07. The van der Waals surface area contributed by atoms with Crippen molar-refractivity contribution in [1.29, 1.82) is 0 Å². The normalized spacial score (nSPS) is 31.2. The fraction of sp³-hybridized carbons (Fsp3) is 0.542. The second-order valence-corrected chi connectivity index (χ2v) is 12.4. The zero-order chi connectivity index (χ0) is 22.2. The van der Waals surface area contributed by atoms with Crippen LogP contribution >= 0.6 is 34.3 Å². The van der Waals surface area contributed by atoms with Gasteiger partial charge >= 0.3 is 0 Å². The van der Waals surface area contributed by atoms with Crippen LogP contribution < -0.4 is 5.32 Å². The van der Waals surface area contributed by atoms with Crippen molar-refractivity contribution in [2.24, 2.45) is 0 Å². The van der Waals surface area contributed by atoms with Crippen molar-refractivity contribution in [2.45, 2.75) is 75.4 Å². The van der Waals surface area contributed by atoms with Crippen LogP contribution in [0.2, 0.25) is 5.02 Å². The molecule has 8 heteroatoms. The lowest BCUT2D eigenvalue weighted by Crippen LogP contribution is -2.54. The van der Waals surface area contributed by atoms with Crippen LogP contribution in [0.3, 0.4) is 0 Å². The van der Waals surface area contributed by atoms with Gasteiger partial charge in [-0.05, 0) is 63.5 Å². The molecule has 5 nitrogen and oxygen atoms in total. The molecular formula is C24H27ClN4OS2. The predicted octanol–water partition coefficient (Wildman–Crippen LogP) is 5.73. The predicted molar refractivity (Wildman–Crippen MR) is 131 cm³/mol. The number of carbonyl (C=O) groups excluding carboxylic acids is 1. The van der Waals surface area contributed by atoms with Crippen molar-refractivity contribution in [1.82, 2.24) is 20.2 Å². The maximum absolute atomic E-state index is 13.4. The standard InChI is InChI=1S/C24H27ClN4OS2/c1-12-26-20(15-5-7-31-22(15)27-12)16-9-17(16)21-18(25)10-19(32-21)23(30)29(3)14-8-13-4-6-24(2,11-14)28-13/h5,7,10,13-14,16-17,28H,4,6,8-9,11H2,1-3H3/t13-,14+,16-,17-,24+/m1/s1. The summed E-state index contributed by atoms with van der Waals surface area (Å²) < 4.78 is 0. The summed E-state index contributed by atoms with van der Waals surface area (Å²) in [6, 6.07) is 4.83. The van der Waals surface area contributed by atoms with Crippen LogP contribution in [0.1, 0.15) is 76.9 Å². The molecule has 168 valence electrons. The average molecular weight is 487 g/mol. The van der Waals surface area contributed by atoms with Gasteiger partial charge in [0.25, 0.3) is 5.91 Å². The van der Waals surface area contributed by atoms with Gasteiger partial charge in [0, 0.05) is 46.8 Å². The lowest BCUT2D eigenvalue weighted by atomic mass is 9.88. The lowest BCUT2D eigenvalue weighted by molar-refractivity contribution is 0.0653. The van der Waals surface area contributed by atoms with Crippen LogP contribution in [-0.4, -0.2) is 45.4 Å². The van der Waals surface area contributed by atoms with E-state index >= 15 is 0 Å². The van der Waals surface area contributed by atoms with Crippen molar-refractivity contribution < 1.29 is 4.79 Å². The molecule has 2 aliphatic heterocycles. The van der Waals surface area contributed by atoms with Crippen LogP contribution in [0.5, 0.6) is 0 Å². The molecule has 2 bridgehead atoms. The molecule has 5 heterocycles. The molecular weight excluding hydrogens is 460 g/mol. The van der Waals surface area contributed by atoms with E-state index in [0.717, 1.165) is 55.8 Å². The fourth-order valence-corrected chi connectivity index (χ4v) is 8.29. The molecule has 0 unspecified atom stereocenters. The minimum atomic E-state index is 0.105. The van der Waals surface area contributed by atoms with Crippen LogP contribution in [0, 0.1) is 6.92 Å². The highest BCUT2D eigenvalue weighted by molar-refractivity contribution is 7.16. The van der Waals surface area contributed by atoms with E-state index in [2.05, 4.69) is 28.7 Å². The quantitative estimate of drug-likeness (QED) is 0.511. The van der Waals surface area contributed by atoms with Crippen molar-refractivity contribution in [2.75, 3.05) is 7.05 Å². The van der Waals surface area contributed by atoms with E-state index in [1.165, 1.54) is 12.8 Å². The number of fused-ring (bicyclic) bond motifs is 3. The minimum absolute atomic E-state index is 0.105. The Balaban J connectivity index is 1.22. The molecule has 32 heavy (non-hydrogen) atoms. The largest absolute Gasteiger partial charge is 0.338 e. The second-order valence-electron chi connectivity index (χ2n) is 10.0. The molecule has 0 radical (unpaired) electrons. The monoisotopic (exact) mass is 486 g/mol. The van der Waals surface area contributed by atoms with Gasteiger partial charge in [0.15, 0.2) is 0 Å². The number of halogens is 1. The van der Waals surface area contributed by atoms with E-state index in [0.29, 0.717) is 17.9 Å². The van der Waals surface area contributed by atoms with Crippen molar-refractivity contribution in [3.63, 3.8) is 0 Å². The third-order valence-corrected chi connectivity index (χ3v) is 10.1. The lowest BCUT2D eigenvalue weighted by Gasteiger charge is -2.40. The van der Waals surface area contributed by atoms with E-state index in [-0.39, 0.29) is 17.5 Å². The van der Waals surface area contributed by atoms with Crippen LogP contribution in [0.4, 0.5) is 0 Å². The number of nitrogens with one attached hydrogen (secondary N) is 1. The molecule has 0 aromatic carbocycles. The number of rotatable bonds is 4. The third kappa shape index (κ3) is 3.49. The molecule has 2 saturated heterocycles. The molecule has 6 rings (SSSR count). The smallest absolute Gasteiger partial charge is 0.263 e. The van der Waals surface area contributed by atoms with Crippen LogP contribution in [0.25, 0.3) is 10.2 Å². The first kappa shape index (κ1) is 21.0. The summed E-state index contributed by atoms with van der Waals surface area (Å²) in [5.74, 6) is 1.62. The van der Waals surface area contributed by atoms with Gasteiger partial charge in [-0.3, -0.25) is 4.79 Å². The SMILES string of the molecule is Cc1nc([C@@H]2C[C@H]2c2sc(C(=O)N(C)[C@H]3C[C@H]4CC[C@@](C)(C3)N4)cc2Cl)c2ccsc2n1. The second kappa shape index (κ2) is 7.49. The van der Waals surface area contributed by atoms with E-state index in [4.69, 9.17) is 16.6 Å². The zero-order valence-corrected chi connectivity index (χ0v) is 20.9. The topological polar surface area (TPSA) is 58.1 Å². The fourth-order valence-electron chi connectivity index (χ4n) is 5.83. The van der Waals surface area contributed by atoms with Gasteiger partial charge in [-0.25, -0.2) is 9.97 Å². The Morgan fingerprint density at radius 1 is 1.31 bits per heavy atom. The molecule has 5 atom stereocenters. The maximum Gasteiger partial charge on any atom is 0.263 e. The van der Waals surface area contributed by atoms with E-state index < -0.39 is 0 Å². The van der Waals surface area contributed by atoms with Crippen molar-refractivity contribution >= 4 is 50.4 Å². The van der Waals surface area contributed by atoms with E-state index in [9.17, 15) is 4.79 Å². The number of nitrogens with zero attached hydrogens (tertiary/aromatic N) is 3. The summed E-state index contributed by atoms with van der Waals surface area (Å²) in [5, 5.41) is 7.70. The number of thiophene rings is 2. The molecule has 3 aromatic rings. The molecule has 1 saturated carbocycles. The molecule has 3 aliphatic rings. The summed E-state index contributed by atoms with van der Waals surface area (Å²) in [4.78, 5) is 27.6. The first-order valence-corrected chi connectivity index (χ1v) is 13.4. The summed E-state index contributed by atoms with van der Waals surface area (Å²) in [7, 11) is 1.96. The number of hydrogen-bond donors (Lipinski definition) is 1. The Morgan fingerprint density at radius 2 is 2.16 bits per heavy atom. The minimum Gasteiger partial charge on any atom is -0.338 e. The highest BCUT2D eigenvalue weighted by Crippen LogP contribution is 2.58. The van der Waals surface area contributed by atoms with Gasteiger partial charge < -0.3 is 10.2 Å². The molecule has 0 spiro atoms. The van der Waals surface area contributed by atoms with Gasteiger partial charge in [-0.1, -0.05) is 11.6 Å². The molecule has 1 amide bonds. The number of hydrogen-bond acceptors (Lipinski definition) is 6. The zero-order valence-electron chi connectivity index (χ0n) is 18.5. The summed E-state index contributed by atoms with van der Waals surface area (Å²) >= 11 is 9.91. The van der Waals surface area contributed by atoms with Gasteiger partial charge in [-0.2, -0.15) is 0 Å². The van der Waals surface area contributed by atoms with Gasteiger partial charge in [-0.15, -0.1) is 22.7 Å². The van der Waals surface area contributed by atoms with E-state index in [1.807, 2.05) is 24.9 Å². The number of aromatic nitrogens is 2. The summed E-state index contributed by atoms with van der Waals surface area (Å²) in [6.45, 7) is 4.25. The maximum atomic E-state index is 13.4. The number of piperidine rings is 1. The summed E-state index contributed by atoms with van der Waals surface area (Å²) in [6.07, 6.45) is 5.50. The Hall–Kier alpha value is -1.54. The van der Waals surface area contributed by atoms with Crippen LogP contribution in [-0.2, 0) is 0 Å². The molecule has 1 N–H and O–H groups in total. The van der Waals surface area contributed by atoms with Crippen molar-refractivity contribution in [3.8, 4) is 0 Å². The van der Waals surface area contributed by atoms with Gasteiger partial charge in [0.05, 0.1) is 15.6 Å². The molecule has 1 aliphatic carbocycles. The van der Waals surface area contributed by atoms with E-state index in [1.54, 1.807) is 22.7 Å². The van der Waals surface area contributed by atoms with Gasteiger partial charge in [0.2, 0.25) is 0 Å². The Bertz CT molecular complexity index is 1220. The molecule has 3 aromatic heterocycles. The Labute approximate surface area is 201 Å². The first-order valence-electron chi connectivity index (χ1n) is 11.4. The van der Waals surface area contributed by atoms with Gasteiger partial charge in [0.1, 0.15) is 10.7 Å². The number of amides is 1. The first-order chi connectivity index (χ1) is 15.3. The Kier molecular flexibility index (Phi) is 4.92. The third-order valence-electron chi connectivity index (χ3n) is 7.58. The Morgan fingerprint density at radius 3 is 2.97 bits per heavy atom. The van der Waals surface area contributed by atoms with Crippen molar-refractivity contribution in [3.05, 3.63) is 43.8 Å². The number of carbonyl (C=O) groups is 1. The van der Waals surface area contributed by atoms with Crippen LogP contribution in [0.15, 0.2) is 17.5 Å². The summed E-state index contributed by atoms with van der Waals surface area (Å²) in [5.41, 5.74) is 1.30. The highest BCUT2D eigenvalue weighted by Gasteiger charge is 2.46. The number of aryl methyl sites for hydroxylation is 1. The molecule has 3 fully saturated rings. The highest BCUT2D eigenvalue weighted by atomic mass is 35.5.